The van der Waals surface area contributed by atoms with Crippen LogP contribution in [0.25, 0.3) is 0 Å². The highest BCUT2D eigenvalue weighted by Crippen LogP contribution is 2.22. The molecule has 2 rings (SSSR count). The number of nitrogens with two attached hydrogens (primary N) is 1. The van der Waals surface area contributed by atoms with E-state index in [1.54, 1.807) is 30.9 Å². The number of piperazine rings is 1. The van der Waals surface area contributed by atoms with E-state index in [2.05, 4.69) is 0 Å². The van der Waals surface area contributed by atoms with Crippen LogP contribution < -0.4 is 10.6 Å². The van der Waals surface area contributed by atoms with Crippen molar-refractivity contribution in [2.24, 2.45) is 5.73 Å². The van der Waals surface area contributed by atoms with Crippen molar-refractivity contribution in [1.82, 2.24) is 4.90 Å². The van der Waals surface area contributed by atoms with Crippen LogP contribution >= 0.6 is 0 Å². The van der Waals surface area contributed by atoms with Gasteiger partial charge in [-0.2, -0.15) is 0 Å². The van der Waals surface area contributed by atoms with Crippen molar-refractivity contribution in [1.29, 1.82) is 0 Å². The Morgan fingerprint density at radius 2 is 1.90 bits per heavy atom. The number of non-ortho nitro benzene ring substituents is 1. The minimum absolute atomic E-state index is 0.0683. The Labute approximate surface area is 123 Å². The second-order valence-corrected chi connectivity index (χ2v) is 5.78. The van der Waals surface area contributed by atoms with Gasteiger partial charge in [-0.15, -0.1) is 0 Å². The summed E-state index contributed by atoms with van der Waals surface area (Å²) in [6.07, 6.45) is 0. The van der Waals surface area contributed by atoms with E-state index in [-0.39, 0.29) is 11.6 Å². The number of anilines is 1. The number of carbonyl (C=O) groups is 1. The first-order chi connectivity index (χ1) is 9.79. The maximum absolute atomic E-state index is 12.1. The smallest absolute Gasteiger partial charge is 0.271 e. The molecule has 2 N–H and O–H groups in total. The highest BCUT2D eigenvalue weighted by atomic mass is 16.6. The van der Waals surface area contributed by atoms with E-state index in [0.717, 1.165) is 5.69 Å². The fraction of sp³-hybridized carbons (Fsp3) is 0.500. The minimum Gasteiger partial charge on any atom is -0.368 e. The van der Waals surface area contributed by atoms with Gasteiger partial charge in [0, 0.05) is 44.0 Å². The van der Waals surface area contributed by atoms with Crippen LogP contribution in [-0.4, -0.2) is 47.4 Å². The van der Waals surface area contributed by atoms with Gasteiger partial charge in [0.1, 0.15) is 0 Å². The van der Waals surface area contributed by atoms with Gasteiger partial charge in [-0.1, -0.05) is 6.07 Å². The second kappa shape index (κ2) is 5.69. The molecule has 0 aliphatic carbocycles. The molecule has 0 saturated carbocycles. The van der Waals surface area contributed by atoms with Gasteiger partial charge in [0.05, 0.1) is 10.5 Å². The Morgan fingerprint density at radius 3 is 2.43 bits per heavy atom. The lowest BCUT2D eigenvalue weighted by Gasteiger charge is -2.38. The summed E-state index contributed by atoms with van der Waals surface area (Å²) in [5.41, 5.74) is 5.85. The van der Waals surface area contributed by atoms with Crippen LogP contribution in [0, 0.1) is 10.1 Å². The third kappa shape index (κ3) is 3.49. The molecule has 21 heavy (non-hydrogen) atoms. The summed E-state index contributed by atoms with van der Waals surface area (Å²) >= 11 is 0. The summed E-state index contributed by atoms with van der Waals surface area (Å²) in [5.74, 6) is -0.0683. The van der Waals surface area contributed by atoms with E-state index >= 15 is 0 Å². The zero-order chi connectivity index (χ0) is 15.6. The lowest BCUT2D eigenvalue weighted by molar-refractivity contribution is -0.384. The topological polar surface area (TPSA) is 92.7 Å². The first kappa shape index (κ1) is 15.2. The molecule has 1 aliphatic heterocycles. The first-order valence-electron chi connectivity index (χ1n) is 6.87. The van der Waals surface area contributed by atoms with Crippen LogP contribution in [0.2, 0.25) is 0 Å². The predicted octanol–water partition coefficient (Wildman–Crippen LogP) is 0.981. The lowest BCUT2D eigenvalue weighted by atomic mass is 10.0. The highest BCUT2D eigenvalue weighted by molar-refractivity contribution is 5.85. The molecule has 0 aromatic heterocycles. The Morgan fingerprint density at radius 1 is 1.29 bits per heavy atom. The van der Waals surface area contributed by atoms with E-state index in [4.69, 9.17) is 5.73 Å². The Kier molecular flexibility index (Phi) is 4.13. The molecule has 0 atom stereocenters. The zero-order valence-electron chi connectivity index (χ0n) is 12.3. The zero-order valence-corrected chi connectivity index (χ0v) is 12.3. The van der Waals surface area contributed by atoms with Crippen LogP contribution in [0.5, 0.6) is 0 Å². The van der Waals surface area contributed by atoms with Gasteiger partial charge in [0.25, 0.3) is 5.69 Å². The Balaban J connectivity index is 2.03. The highest BCUT2D eigenvalue weighted by Gasteiger charge is 2.30. The van der Waals surface area contributed by atoms with Crippen molar-refractivity contribution in [3.63, 3.8) is 0 Å². The summed E-state index contributed by atoms with van der Waals surface area (Å²) in [5, 5.41) is 10.8. The maximum Gasteiger partial charge on any atom is 0.271 e. The van der Waals surface area contributed by atoms with Crippen molar-refractivity contribution in [2.45, 2.75) is 19.4 Å². The average molecular weight is 292 g/mol. The van der Waals surface area contributed by atoms with Gasteiger partial charge in [0.15, 0.2) is 0 Å². The molecule has 0 bridgehead atoms. The third-order valence-corrected chi connectivity index (χ3v) is 3.52. The summed E-state index contributed by atoms with van der Waals surface area (Å²) in [6, 6.07) is 6.55. The van der Waals surface area contributed by atoms with Gasteiger partial charge < -0.3 is 15.5 Å². The number of nitrogens with zero attached hydrogens (tertiary/aromatic N) is 3. The normalized spacial score (nSPS) is 16.0. The molecule has 114 valence electrons. The van der Waals surface area contributed by atoms with E-state index in [1.165, 1.54) is 6.07 Å². The van der Waals surface area contributed by atoms with Gasteiger partial charge in [-0.3, -0.25) is 14.9 Å². The molecule has 1 saturated heterocycles. The Bertz CT molecular complexity index is 545. The molecule has 7 heteroatoms. The van der Waals surface area contributed by atoms with Crippen molar-refractivity contribution in [3.05, 3.63) is 34.4 Å². The van der Waals surface area contributed by atoms with E-state index in [0.29, 0.717) is 26.2 Å². The van der Waals surface area contributed by atoms with E-state index in [9.17, 15) is 14.9 Å². The first-order valence-corrected chi connectivity index (χ1v) is 6.87. The Hall–Kier alpha value is -2.15. The van der Waals surface area contributed by atoms with Crippen LogP contribution in [0.1, 0.15) is 13.8 Å². The summed E-state index contributed by atoms with van der Waals surface area (Å²) in [7, 11) is 0. The largest absolute Gasteiger partial charge is 0.368 e. The summed E-state index contributed by atoms with van der Waals surface area (Å²) in [6.45, 7) is 5.82. The molecule has 7 nitrogen and oxygen atoms in total. The van der Waals surface area contributed by atoms with E-state index in [1.807, 2.05) is 11.0 Å². The standard InChI is InChI=1S/C14H20N4O3/c1-14(2,15)13(19)17-8-6-16(7-9-17)11-4-3-5-12(10-11)18(20)21/h3-5,10H,6-9,15H2,1-2H3. The lowest BCUT2D eigenvalue weighted by Crippen LogP contribution is -2.57. The second-order valence-electron chi connectivity index (χ2n) is 5.78. The molecule has 1 fully saturated rings. The molecule has 0 radical (unpaired) electrons. The molecule has 0 spiro atoms. The van der Waals surface area contributed by atoms with Crippen molar-refractivity contribution in [2.75, 3.05) is 31.1 Å². The fourth-order valence-electron chi connectivity index (χ4n) is 2.38. The van der Waals surface area contributed by atoms with E-state index < -0.39 is 10.5 Å². The molecule has 1 aliphatic rings. The number of hydrogen-bond donors (Lipinski definition) is 1. The SMILES string of the molecule is CC(C)(N)C(=O)N1CCN(c2cccc([N+](=O)[O-])c2)CC1. The molecule has 1 amide bonds. The van der Waals surface area contributed by atoms with Crippen LogP contribution in [0.15, 0.2) is 24.3 Å². The summed E-state index contributed by atoms with van der Waals surface area (Å²) < 4.78 is 0. The van der Waals surface area contributed by atoms with Crippen molar-refractivity contribution in [3.8, 4) is 0 Å². The number of nitro benzene ring substituents is 1. The number of carbonyl (C=O) groups excluding carboxylic acids is 1. The average Bonchev–Trinajstić information content (AvgIpc) is 2.46. The number of hydrogen-bond acceptors (Lipinski definition) is 5. The number of rotatable bonds is 3. The van der Waals surface area contributed by atoms with Crippen molar-refractivity contribution < 1.29 is 9.72 Å². The monoisotopic (exact) mass is 292 g/mol. The predicted molar refractivity (Wildman–Crippen MR) is 80.2 cm³/mol. The number of benzene rings is 1. The molecular weight excluding hydrogens is 272 g/mol. The molecule has 1 aromatic rings. The quantitative estimate of drug-likeness (QED) is 0.662. The minimum atomic E-state index is -0.867. The molecule has 1 heterocycles. The fourth-order valence-corrected chi connectivity index (χ4v) is 2.38. The maximum atomic E-state index is 12.1. The van der Waals surface area contributed by atoms with Crippen LogP contribution in [0.3, 0.4) is 0 Å². The van der Waals surface area contributed by atoms with Gasteiger partial charge in [-0.25, -0.2) is 0 Å². The number of nitro groups is 1. The van der Waals surface area contributed by atoms with Gasteiger partial charge in [0.2, 0.25) is 5.91 Å². The third-order valence-electron chi connectivity index (χ3n) is 3.52. The van der Waals surface area contributed by atoms with Crippen molar-refractivity contribution >= 4 is 17.3 Å². The van der Waals surface area contributed by atoms with Crippen LogP contribution in [-0.2, 0) is 4.79 Å². The van der Waals surface area contributed by atoms with Crippen LogP contribution in [0.4, 0.5) is 11.4 Å². The molecule has 0 unspecified atom stereocenters. The molecular formula is C14H20N4O3. The molecule has 1 aromatic carbocycles. The van der Waals surface area contributed by atoms with Gasteiger partial charge >= 0.3 is 0 Å². The van der Waals surface area contributed by atoms with Gasteiger partial charge in [-0.05, 0) is 19.9 Å². The number of amides is 1. The summed E-state index contributed by atoms with van der Waals surface area (Å²) in [4.78, 5) is 26.3.